The van der Waals surface area contributed by atoms with Crippen LogP contribution in [0.3, 0.4) is 0 Å². The van der Waals surface area contributed by atoms with Crippen molar-refractivity contribution in [3.8, 4) is 0 Å². The SMILES string of the molecule is CC1=Cc2cc3[nH]c(cc4nc(cc5[nH]c(cc1n2)c(C)c5CCC(=O)O)C(CCC(=O)O)=C4C)cc3C.[Co]. The van der Waals surface area contributed by atoms with E-state index in [2.05, 4.69) is 16.0 Å². The monoisotopic (exact) mass is 569 g/mol. The molecule has 8 nitrogen and oxygen atoms in total. The van der Waals surface area contributed by atoms with Gasteiger partial charge < -0.3 is 20.2 Å². The van der Waals surface area contributed by atoms with E-state index in [9.17, 15) is 19.8 Å². The van der Waals surface area contributed by atoms with Crippen molar-refractivity contribution in [3.63, 3.8) is 0 Å². The molecule has 0 atom stereocenters. The van der Waals surface area contributed by atoms with Crippen molar-refractivity contribution in [1.29, 1.82) is 0 Å². The zero-order valence-electron chi connectivity index (χ0n) is 22.2. The van der Waals surface area contributed by atoms with Gasteiger partial charge in [0.15, 0.2) is 0 Å². The molecule has 0 amide bonds. The van der Waals surface area contributed by atoms with Gasteiger partial charge in [0.1, 0.15) is 0 Å². The predicted octanol–water partition coefficient (Wildman–Crippen LogP) is 6.30. The van der Waals surface area contributed by atoms with Crippen molar-refractivity contribution < 1.29 is 36.6 Å². The number of carbonyl (C=O) groups is 2. The van der Waals surface area contributed by atoms with Gasteiger partial charge in [-0.1, -0.05) is 0 Å². The molecule has 0 saturated heterocycles. The number of fused-ring (bicyclic) bond motifs is 8. The van der Waals surface area contributed by atoms with Gasteiger partial charge in [-0.3, -0.25) is 9.59 Å². The number of aryl methyl sites for hydroxylation is 3. The number of hydrogen-bond donors (Lipinski definition) is 4. The second kappa shape index (κ2) is 11.0. The minimum absolute atomic E-state index is 0. The molecule has 9 heteroatoms. The maximum Gasteiger partial charge on any atom is 0.303 e. The molecule has 1 radical (unpaired) electrons. The molecular weight excluding hydrogens is 539 g/mol. The van der Waals surface area contributed by atoms with Gasteiger partial charge in [0.25, 0.3) is 0 Å². The van der Waals surface area contributed by atoms with Gasteiger partial charge in [0, 0.05) is 51.7 Å². The van der Waals surface area contributed by atoms with E-state index in [4.69, 9.17) is 9.97 Å². The van der Waals surface area contributed by atoms with Crippen LogP contribution in [-0.4, -0.2) is 42.1 Å². The van der Waals surface area contributed by atoms with Crippen LogP contribution in [0.5, 0.6) is 0 Å². The number of nitrogens with zero attached hydrogens (tertiary/aromatic N) is 2. The third-order valence-corrected chi connectivity index (χ3v) is 7.26. The minimum atomic E-state index is -0.868. The predicted molar refractivity (Wildman–Crippen MR) is 149 cm³/mol. The van der Waals surface area contributed by atoms with Crippen LogP contribution in [0.1, 0.15) is 72.6 Å². The Labute approximate surface area is 236 Å². The zero-order chi connectivity index (χ0) is 27.1. The first kappa shape index (κ1) is 28.1. The summed E-state index contributed by atoms with van der Waals surface area (Å²) in [6, 6.07) is 9.98. The Bertz CT molecular complexity index is 1730. The Kier molecular flexibility index (Phi) is 7.94. The largest absolute Gasteiger partial charge is 0.481 e. The smallest absolute Gasteiger partial charge is 0.303 e. The first-order chi connectivity index (χ1) is 18.1. The molecule has 0 aliphatic carbocycles. The summed E-state index contributed by atoms with van der Waals surface area (Å²) >= 11 is 0. The Morgan fingerprint density at radius 3 is 2.18 bits per heavy atom. The van der Waals surface area contributed by atoms with Crippen LogP contribution >= 0.6 is 0 Å². The fraction of sp³-hybridized carbons (Fsp3) is 0.267. The van der Waals surface area contributed by atoms with Gasteiger partial charge in [0.2, 0.25) is 0 Å². The van der Waals surface area contributed by atoms with E-state index < -0.39 is 11.9 Å². The standard InChI is InChI=1S/C30H30N4O4.Co/c1-15-9-20-12-25-17(3)21(5-7-29(35)36)27(33-25)14-28-22(6-8-30(37)38)18(4)26(34-28)13-24-16(2)10-19(32-24)11-23(15)31-20;/h9-14,31,34H,5-8H2,1-4H3,(H,35,36)(H,37,38);. The summed E-state index contributed by atoms with van der Waals surface area (Å²) in [6.45, 7) is 8.01. The molecule has 4 N–H and O–H groups in total. The van der Waals surface area contributed by atoms with Crippen molar-refractivity contribution >= 4 is 56.8 Å². The van der Waals surface area contributed by atoms with E-state index >= 15 is 0 Å². The summed E-state index contributed by atoms with van der Waals surface area (Å²) in [6.07, 6.45) is 2.74. The van der Waals surface area contributed by atoms with Crippen LogP contribution in [0.4, 0.5) is 0 Å². The Morgan fingerprint density at radius 2 is 1.46 bits per heavy atom. The normalized spacial score (nSPS) is 12.8. The number of rotatable bonds is 6. The Hall–Kier alpha value is -3.95. The summed E-state index contributed by atoms with van der Waals surface area (Å²) in [7, 11) is 0. The minimum Gasteiger partial charge on any atom is -0.481 e. The molecule has 3 aromatic heterocycles. The number of allylic oxidation sites excluding steroid dienone is 3. The third-order valence-electron chi connectivity index (χ3n) is 7.26. The van der Waals surface area contributed by atoms with Gasteiger partial charge >= 0.3 is 11.9 Å². The molecule has 2 aliphatic heterocycles. The fourth-order valence-corrected chi connectivity index (χ4v) is 5.11. The maximum atomic E-state index is 11.4. The number of nitrogens with one attached hydrogen (secondary N) is 2. The summed E-state index contributed by atoms with van der Waals surface area (Å²) < 4.78 is 0. The van der Waals surface area contributed by atoms with Crippen LogP contribution in [0, 0.1) is 13.8 Å². The van der Waals surface area contributed by atoms with E-state index in [-0.39, 0.29) is 29.6 Å². The van der Waals surface area contributed by atoms with Crippen LogP contribution in [0.15, 0.2) is 30.3 Å². The molecule has 8 bridgehead atoms. The molecule has 5 heterocycles. The molecule has 0 spiro atoms. The third kappa shape index (κ3) is 5.74. The van der Waals surface area contributed by atoms with Crippen molar-refractivity contribution in [2.45, 2.75) is 53.4 Å². The number of carboxylic acids is 2. The van der Waals surface area contributed by atoms with Crippen molar-refractivity contribution in [2.24, 2.45) is 0 Å². The quantitative estimate of drug-likeness (QED) is 0.275. The topological polar surface area (TPSA) is 132 Å². The molecule has 203 valence electrons. The van der Waals surface area contributed by atoms with E-state index in [1.165, 1.54) is 0 Å². The Morgan fingerprint density at radius 1 is 0.769 bits per heavy atom. The number of carboxylic acid groups (broad SMARTS) is 2. The average molecular weight is 570 g/mol. The molecule has 0 saturated carbocycles. The second-order valence-corrected chi connectivity index (χ2v) is 9.98. The first-order valence-corrected chi connectivity index (χ1v) is 12.6. The van der Waals surface area contributed by atoms with E-state index in [0.717, 1.165) is 72.6 Å². The van der Waals surface area contributed by atoms with Gasteiger partial charge in [-0.2, -0.15) is 0 Å². The number of hydrogen-bond acceptors (Lipinski definition) is 4. The molecule has 0 unspecified atom stereocenters. The molecule has 2 aliphatic rings. The van der Waals surface area contributed by atoms with Crippen LogP contribution in [0.2, 0.25) is 0 Å². The van der Waals surface area contributed by atoms with Crippen LogP contribution in [-0.2, 0) is 32.8 Å². The fourth-order valence-electron chi connectivity index (χ4n) is 5.11. The average Bonchev–Trinajstić information content (AvgIpc) is 3.53. The number of aromatic nitrogens is 4. The molecule has 0 aromatic carbocycles. The molecular formula is C30H30CoN4O4. The zero-order valence-corrected chi connectivity index (χ0v) is 23.3. The van der Waals surface area contributed by atoms with E-state index in [1.807, 2.05) is 58.0 Å². The first-order valence-electron chi connectivity index (χ1n) is 12.6. The number of aliphatic carboxylic acids is 2. The second-order valence-electron chi connectivity index (χ2n) is 9.98. The van der Waals surface area contributed by atoms with Crippen LogP contribution < -0.4 is 0 Å². The van der Waals surface area contributed by atoms with Crippen molar-refractivity contribution in [2.75, 3.05) is 0 Å². The maximum absolute atomic E-state index is 11.4. The van der Waals surface area contributed by atoms with Gasteiger partial charge in [0.05, 0.1) is 22.8 Å². The molecule has 3 aromatic rings. The number of H-pyrrole nitrogens is 2. The summed E-state index contributed by atoms with van der Waals surface area (Å²) in [4.78, 5) is 39.5. The Balaban J connectivity index is 0.00000353. The summed E-state index contributed by atoms with van der Waals surface area (Å²) in [5.74, 6) is -1.73. The van der Waals surface area contributed by atoms with Gasteiger partial charge in [-0.15, -0.1) is 0 Å². The van der Waals surface area contributed by atoms with Crippen molar-refractivity contribution in [1.82, 2.24) is 19.9 Å². The summed E-state index contributed by atoms with van der Waals surface area (Å²) in [5, 5.41) is 18.7. The molecule has 39 heavy (non-hydrogen) atoms. The van der Waals surface area contributed by atoms with Gasteiger partial charge in [-0.05, 0) is 110 Å². The van der Waals surface area contributed by atoms with Crippen LogP contribution in [0.25, 0.3) is 44.9 Å². The van der Waals surface area contributed by atoms with E-state index in [0.29, 0.717) is 18.5 Å². The van der Waals surface area contributed by atoms with Crippen molar-refractivity contribution in [3.05, 3.63) is 69.8 Å². The molecule has 0 fully saturated rings. The summed E-state index contributed by atoms with van der Waals surface area (Å²) in [5.41, 5.74) is 12.4. The van der Waals surface area contributed by atoms with E-state index in [1.54, 1.807) is 0 Å². The molecule has 5 rings (SSSR count). The van der Waals surface area contributed by atoms with Gasteiger partial charge in [-0.25, -0.2) is 9.97 Å². The number of aromatic amines is 2.